The van der Waals surface area contributed by atoms with Crippen LogP contribution in [0.3, 0.4) is 0 Å². The van der Waals surface area contributed by atoms with Gasteiger partial charge in [0, 0.05) is 16.2 Å². The van der Waals surface area contributed by atoms with Crippen molar-refractivity contribution in [3.63, 3.8) is 0 Å². The van der Waals surface area contributed by atoms with Gasteiger partial charge < -0.3 is 10.1 Å². The quantitative estimate of drug-likeness (QED) is 0.649. The first kappa shape index (κ1) is 16.7. The number of halogens is 1. The number of aryl methyl sites for hydroxylation is 1. The SMILES string of the molecule is Cc1ccc(OCc2csc(C(=O)Nc3ccc(Br)cn3)c2)cc1. The number of carbonyl (C=O) groups excluding carboxylic acids is 1. The maximum atomic E-state index is 12.2. The van der Waals surface area contributed by atoms with Gasteiger partial charge in [0.15, 0.2) is 0 Å². The number of carbonyl (C=O) groups is 1. The normalized spacial score (nSPS) is 10.4. The summed E-state index contributed by atoms with van der Waals surface area (Å²) < 4.78 is 6.60. The number of thiophene rings is 1. The summed E-state index contributed by atoms with van der Waals surface area (Å²) in [7, 11) is 0. The average Bonchev–Trinajstić information content (AvgIpc) is 3.06. The number of benzene rings is 1. The number of rotatable bonds is 5. The van der Waals surface area contributed by atoms with Gasteiger partial charge in [-0.2, -0.15) is 0 Å². The molecule has 3 rings (SSSR count). The number of hydrogen-bond donors (Lipinski definition) is 1. The van der Waals surface area contributed by atoms with E-state index in [1.165, 1.54) is 16.9 Å². The summed E-state index contributed by atoms with van der Waals surface area (Å²) in [4.78, 5) is 17.0. The molecule has 0 spiro atoms. The zero-order valence-electron chi connectivity index (χ0n) is 13.0. The van der Waals surface area contributed by atoms with Crippen LogP contribution in [0.5, 0.6) is 5.75 Å². The largest absolute Gasteiger partial charge is 0.489 e. The standard InChI is InChI=1S/C18H15BrN2O2S/c1-12-2-5-15(6-3-12)23-10-13-8-16(24-11-13)18(22)21-17-7-4-14(19)9-20-17/h2-9,11H,10H2,1H3,(H,20,21,22). The Morgan fingerprint density at radius 3 is 2.75 bits per heavy atom. The van der Waals surface area contributed by atoms with Crippen LogP contribution in [0.2, 0.25) is 0 Å². The van der Waals surface area contributed by atoms with Crippen LogP contribution in [0, 0.1) is 6.92 Å². The van der Waals surface area contributed by atoms with E-state index in [2.05, 4.69) is 26.2 Å². The van der Waals surface area contributed by atoms with Crippen molar-refractivity contribution in [1.29, 1.82) is 0 Å². The van der Waals surface area contributed by atoms with Crippen molar-refractivity contribution >= 4 is 39.0 Å². The van der Waals surface area contributed by atoms with E-state index in [0.29, 0.717) is 17.3 Å². The highest BCUT2D eigenvalue weighted by Crippen LogP contribution is 2.19. The fourth-order valence-electron chi connectivity index (χ4n) is 2.00. The van der Waals surface area contributed by atoms with Crippen LogP contribution < -0.4 is 10.1 Å². The van der Waals surface area contributed by atoms with E-state index in [9.17, 15) is 4.79 Å². The van der Waals surface area contributed by atoms with Gasteiger partial charge in [-0.1, -0.05) is 17.7 Å². The van der Waals surface area contributed by atoms with Crippen LogP contribution in [0.25, 0.3) is 0 Å². The molecule has 0 saturated carbocycles. The zero-order chi connectivity index (χ0) is 16.9. The van der Waals surface area contributed by atoms with E-state index in [4.69, 9.17) is 4.74 Å². The highest BCUT2D eigenvalue weighted by atomic mass is 79.9. The number of hydrogen-bond acceptors (Lipinski definition) is 4. The van der Waals surface area contributed by atoms with Crippen LogP contribution >= 0.6 is 27.3 Å². The molecule has 0 bridgehead atoms. The number of pyridine rings is 1. The van der Waals surface area contributed by atoms with Gasteiger partial charge in [-0.25, -0.2) is 4.98 Å². The molecule has 122 valence electrons. The molecule has 3 aromatic rings. The Hall–Kier alpha value is -2.18. The molecule has 0 aliphatic rings. The Bertz CT molecular complexity index is 829. The Balaban J connectivity index is 1.59. The van der Waals surface area contributed by atoms with Crippen LogP contribution in [0.15, 0.2) is 58.5 Å². The molecule has 24 heavy (non-hydrogen) atoms. The lowest BCUT2D eigenvalue weighted by Crippen LogP contribution is -2.11. The molecule has 4 nitrogen and oxygen atoms in total. The summed E-state index contributed by atoms with van der Waals surface area (Å²) in [6.45, 7) is 2.47. The number of nitrogens with zero attached hydrogens (tertiary/aromatic N) is 1. The number of ether oxygens (including phenoxy) is 1. The zero-order valence-corrected chi connectivity index (χ0v) is 15.4. The van der Waals surface area contributed by atoms with Crippen molar-refractivity contribution in [2.45, 2.75) is 13.5 Å². The van der Waals surface area contributed by atoms with Crippen molar-refractivity contribution in [3.05, 3.63) is 74.5 Å². The van der Waals surface area contributed by atoms with Crippen LogP contribution in [0.4, 0.5) is 5.82 Å². The summed E-state index contributed by atoms with van der Waals surface area (Å²) in [6.07, 6.45) is 1.64. The van der Waals surface area contributed by atoms with Gasteiger partial charge in [-0.3, -0.25) is 4.79 Å². The van der Waals surface area contributed by atoms with Crippen molar-refractivity contribution in [1.82, 2.24) is 4.98 Å². The van der Waals surface area contributed by atoms with Crippen LogP contribution in [0.1, 0.15) is 20.8 Å². The summed E-state index contributed by atoms with van der Waals surface area (Å²) in [6, 6.07) is 13.3. The molecule has 1 aromatic carbocycles. The predicted molar refractivity (Wildman–Crippen MR) is 99.7 cm³/mol. The van der Waals surface area contributed by atoms with E-state index in [1.807, 2.05) is 48.7 Å². The fraction of sp³-hybridized carbons (Fsp3) is 0.111. The van der Waals surface area contributed by atoms with E-state index >= 15 is 0 Å². The van der Waals surface area contributed by atoms with Gasteiger partial charge in [-0.15, -0.1) is 11.3 Å². The van der Waals surface area contributed by atoms with E-state index in [0.717, 1.165) is 15.8 Å². The molecular formula is C18H15BrN2O2S. The maximum Gasteiger partial charge on any atom is 0.266 e. The smallest absolute Gasteiger partial charge is 0.266 e. The lowest BCUT2D eigenvalue weighted by Gasteiger charge is -2.04. The van der Waals surface area contributed by atoms with Gasteiger partial charge in [0.2, 0.25) is 0 Å². The monoisotopic (exact) mass is 402 g/mol. The van der Waals surface area contributed by atoms with Crippen LogP contribution in [-0.2, 0) is 6.61 Å². The van der Waals surface area contributed by atoms with E-state index < -0.39 is 0 Å². The Morgan fingerprint density at radius 2 is 2.04 bits per heavy atom. The molecule has 0 fully saturated rings. The van der Waals surface area contributed by atoms with Crippen molar-refractivity contribution in [3.8, 4) is 5.75 Å². The second-order valence-corrected chi connectivity index (χ2v) is 7.06. The molecule has 0 radical (unpaired) electrons. The molecule has 0 saturated heterocycles. The fourth-order valence-corrected chi connectivity index (χ4v) is 3.03. The molecule has 6 heteroatoms. The first-order chi connectivity index (χ1) is 11.6. The summed E-state index contributed by atoms with van der Waals surface area (Å²) in [5, 5.41) is 4.71. The van der Waals surface area contributed by atoms with Crippen molar-refractivity contribution in [2.24, 2.45) is 0 Å². The third-order valence-corrected chi connectivity index (χ3v) is 4.72. The number of amides is 1. The molecule has 0 unspecified atom stereocenters. The van der Waals surface area contributed by atoms with Crippen molar-refractivity contribution < 1.29 is 9.53 Å². The summed E-state index contributed by atoms with van der Waals surface area (Å²) in [5.74, 6) is 1.17. The van der Waals surface area contributed by atoms with Crippen LogP contribution in [-0.4, -0.2) is 10.9 Å². The second-order valence-electron chi connectivity index (χ2n) is 5.24. The van der Waals surface area contributed by atoms with E-state index in [-0.39, 0.29) is 5.91 Å². The summed E-state index contributed by atoms with van der Waals surface area (Å²) >= 11 is 4.70. The molecule has 0 aliphatic heterocycles. The average molecular weight is 403 g/mol. The number of nitrogens with one attached hydrogen (secondary N) is 1. The number of aromatic nitrogens is 1. The van der Waals surface area contributed by atoms with Gasteiger partial charge in [0.25, 0.3) is 5.91 Å². The molecule has 0 atom stereocenters. The Labute approximate surface area is 152 Å². The highest BCUT2D eigenvalue weighted by molar-refractivity contribution is 9.10. The summed E-state index contributed by atoms with van der Waals surface area (Å²) in [5.41, 5.74) is 2.16. The van der Waals surface area contributed by atoms with Gasteiger partial charge in [0.1, 0.15) is 18.2 Å². The lowest BCUT2D eigenvalue weighted by atomic mass is 10.2. The molecular weight excluding hydrogens is 388 g/mol. The predicted octanol–water partition coefficient (Wildman–Crippen LogP) is 5.05. The molecule has 0 aliphatic carbocycles. The molecule has 1 N–H and O–H groups in total. The molecule has 1 amide bonds. The minimum absolute atomic E-state index is 0.170. The van der Waals surface area contributed by atoms with Crippen molar-refractivity contribution in [2.75, 3.05) is 5.32 Å². The Morgan fingerprint density at radius 1 is 1.25 bits per heavy atom. The van der Waals surface area contributed by atoms with Gasteiger partial charge >= 0.3 is 0 Å². The molecule has 2 aromatic heterocycles. The lowest BCUT2D eigenvalue weighted by molar-refractivity contribution is 0.103. The highest BCUT2D eigenvalue weighted by Gasteiger charge is 2.10. The van der Waals surface area contributed by atoms with E-state index in [1.54, 1.807) is 12.3 Å². The third-order valence-electron chi connectivity index (χ3n) is 3.27. The third kappa shape index (κ3) is 4.43. The maximum absolute atomic E-state index is 12.2. The number of anilines is 1. The minimum atomic E-state index is -0.170. The minimum Gasteiger partial charge on any atom is -0.489 e. The topological polar surface area (TPSA) is 51.2 Å². The van der Waals surface area contributed by atoms with Gasteiger partial charge in [0.05, 0.1) is 4.88 Å². The first-order valence-corrected chi connectivity index (χ1v) is 8.97. The Kier molecular flexibility index (Phi) is 5.27. The van der Waals surface area contributed by atoms with Gasteiger partial charge in [-0.05, 0) is 58.6 Å². The molecule has 2 heterocycles. The first-order valence-electron chi connectivity index (χ1n) is 7.30. The second kappa shape index (κ2) is 7.59.